The normalized spacial score (nSPS) is 33.1. The Balaban J connectivity index is 1.56. The Morgan fingerprint density at radius 3 is 1.89 bits per heavy atom. The molecule has 6 nitrogen and oxygen atoms in total. The first kappa shape index (κ1) is 20.1. The average molecular weight is 427 g/mol. The van der Waals surface area contributed by atoms with Crippen LogP contribution in [0.4, 0.5) is 0 Å². The summed E-state index contributed by atoms with van der Waals surface area (Å²) < 4.78 is 23.7. The predicted octanol–water partition coefficient (Wildman–Crippen LogP) is 3.24. The summed E-state index contributed by atoms with van der Waals surface area (Å²) in [6.45, 7) is -0.332. The first-order valence-corrected chi connectivity index (χ1v) is 9.68. The molecular weight excluding hydrogens is 407 g/mol. The zero-order valence-corrected chi connectivity index (χ0v) is 16.3. The molecule has 0 amide bonds. The van der Waals surface area contributed by atoms with Crippen LogP contribution in [0, 0.1) is 0 Å². The Bertz CT molecular complexity index is 784. The van der Waals surface area contributed by atoms with E-state index in [0.29, 0.717) is 10.0 Å². The molecule has 28 heavy (non-hydrogen) atoms. The van der Waals surface area contributed by atoms with Gasteiger partial charge in [0.25, 0.3) is 0 Å². The molecule has 0 saturated carbocycles. The van der Waals surface area contributed by atoms with E-state index >= 15 is 0 Å². The smallest absolute Gasteiger partial charge is 0.184 e. The van der Waals surface area contributed by atoms with Crippen molar-refractivity contribution in [2.75, 3.05) is 13.2 Å². The van der Waals surface area contributed by atoms with Crippen LogP contribution in [0.2, 0.25) is 10.0 Å². The number of aliphatic hydroxyl groups is 2. The second kappa shape index (κ2) is 8.65. The van der Waals surface area contributed by atoms with Crippen molar-refractivity contribution in [1.82, 2.24) is 0 Å². The Labute approximate surface area is 172 Å². The van der Waals surface area contributed by atoms with Crippen molar-refractivity contribution in [3.05, 3.63) is 69.7 Å². The van der Waals surface area contributed by atoms with Gasteiger partial charge in [0.2, 0.25) is 0 Å². The number of fused-ring (bicyclic) bond motifs is 1. The van der Waals surface area contributed by atoms with E-state index in [1.54, 1.807) is 48.5 Å². The van der Waals surface area contributed by atoms with Crippen LogP contribution in [-0.2, 0) is 18.9 Å². The van der Waals surface area contributed by atoms with Gasteiger partial charge in [-0.2, -0.15) is 0 Å². The summed E-state index contributed by atoms with van der Waals surface area (Å²) in [6, 6.07) is 14.0. The summed E-state index contributed by atoms with van der Waals surface area (Å²) in [4.78, 5) is 0. The number of ether oxygens (including phenoxy) is 4. The van der Waals surface area contributed by atoms with Gasteiger partial charge in [0.15, 0.2) is 12.6 Å². The zero-order chi connectivity index (χ0) is 19.7. The molecule has 0 aromatic heterocycles. The number of benzene rings is 2. The molecule has 2 heterocycles. The minimum atomic E-state index is -0.949. The van der Waals surface area contributed by atoms with Gasteiger partial charge in [0, 0.05) is 21.2 Å². The Morgan fingerprint density at radius 2 is 1.32 bits per heavy atom. The van der Waals surface area contributed by atoms with Gasteiger partial charge in [0.1, 0.15) is 24.4 Å². The zero-order valence-electron chi connectivity index (χ0n) is 14.8. The van der Waals surface area contributed by atoms with Crippen molar-refractivity contribution in [2.24, 2.45) is 0 Å². The highest BCUT2D eigenvalue weighted by atomic mass is 35.5. The lowest BCUT2D eigenvalue weighted by Gasteiger charge is -2.34. The van der Waals surface area contributed by atoms with E-state index in [1.807, 2.05) is 0 Å². The van der Waals surface area contributed by atoms with Gasteiger partial charge >= 0.3 is 0 Å². The van der Waals surface area contributed by atoms with E-state index < -0.39 is 37.0 Å². The summed E-state index contributed by atoms with van der Waals surface area (Å²) >= 11 is 11.9. The van der Waals surface area contributed by atoms with Gasteiger partial charge in [-0.1, -0.05) is 47.5 Å². The van der Waals surface area contributed by atoms with Gasteiger partial charge in [-0.25, -0.2) is 0 Å². The molecule has 2 aliphatic heterocycles. The summed E-state index contributed by atoms with van der Waals surface area (Å²) in [7, 11) is 0. The highest BCUT2D eigenvalue weighted by molar-refractivity contribution is 6.30. The maximum Gasteiger partial charge on any atom is 0.184 e. The van der Waals surface area contributed by atoms with Gasteiger partial charge in [-0.3, -0.25) is 0 Å². The fraction of sp³-hybridized carbons (Fsp3) is 0.400. The molecule has 2 fully saturated rings. The Kier molecular flexibility index (Phi) is 6.20. The maximum atomic E-state index is 10.6. The monoisotopic (exact) mass is 426 g/mol. The van der Waals surface area contributed by atoms with Gasteiger partial charge in [-0.05, 0) is 24.3 Å². The van der Waals surface area contributed by atoms with Crippen molar-refractivity contribution in [3.8, 4) is 0 Å². The topological polar surface area (TPSA) is 77.4 Å². The lowest BCUT2D eigenvalue weighted by Crippen LogP contribution is -2.49. The van der Waals surface area contributed by atoms with Crippen LogP contribution in [0.15, 0.2) is 48.5 Å². The van der Waals surface area contributed by atoms with E-state index in [0.717, 1.165) is 11.1 Å². The summed E-state index contributed by atoms with van der Waals surface area (Å²) in [5, 5.41) is 21.7. The Hall–Kier alpha value is -1.22. The molecule has 8 heteroatoms. The molecular formula is C20H20Cl2O6. The van der Waals surface area contributed by atoms with Crippen LogP contribution in [0.25, 0.3) is 0 Å². The lowest BCUT2D eigenvalue weighted by molar-refractivity contribution is -0.239. The van der Waals surface area contributed by atoms with Gasteiger partial charge in [-0.15, -0.1) is 0 Å². The minimum Gasteiger partial charge on any atom is -0.394 e. The first-order chi connectivity index (χ1) is 13.5. The fourth-order valence-corrected chi connectivity index (χ4v) is 3.61. The minimum absolute atomic E-state index is 0.0106. The van der Waals surface area contributed by atoms with Crippen molar-refractivity contribution < 1.29 is 29.2 Å². The molecule has 0 aliphatic carbocycles. The summed E-state index contributed by atoms with van der Waals surface area (Å²) in [6.07, 6.45) is -4.55. The van der Waals surface area contributed by atoms with E-state index in [2.05, 4.69) is 0 Å². The van der Waals surface area contributed by atoms with Crippen LogP contribution in [0.5, 0.6) is 0 Å². The summed E-state index contributed by atoms with van der Waals surface area (Å²) in [5.74, 6) is 0. The standard InChI is InChI=1S/C20H20Cl2O6/c21-13-5-1-11(2-6-13)19-25-10-15(24)17-18(16(9-23)26-19)28-20(27-17)12-3-7-14(22)8-4-12/h1-8,15-20,23-24H,9-10H2/t15-,16+,17-,18-,19?,20?/m0/s1. The molecule has 0 bridgehead atoms. The van der Waals surface area contributed by atoms with Crippen LogP contribution < -0.4 is 0 Å². The van der Waals surface area contributed by atoms with E-state index in [4.69, 9.17) is 42.1 Å². The quantitative estimate of drug-likeness (QED) is 0.784. The molecule has 0 radical (unpaired) electrons. The van der Waals surface area contributed by atoms with E-state index in [1.165, 1.54) is 0 Å². The number of halogens is 2. The molecule has 2 N–H and O–H groups in total. The third-order valence-corrected chi connectivity index (χ3v) is 5.32. The molecule has 4 rings (SSSR count). The van der Waals surface area contributed by atoms with Gasteiger partial charge < -0.3 is 29.2 Å². The highest BCUT2D eigenvalue weighted by Crippen LogP contribution is 2.38. The van der Waals surface area contributed by atoms with Crippen LogP contribution in [0.1, 0.15) is 23.7 Å². The molecule has 2 aliphatic rings. The third kappa shape index (κ3) is 4.20. The van der Waals surface area contributed by atoms with E-state index in [9.17, 15) is 10.2 Å². The molecule has 150 valence electrons. The molecule has 2 aromatic rings. The Morgan fingerprint density at radius 1 is 0.786 bits per heavy atom. The third-order valence-electron chi connectivity index (χ3n) is 4.81. The number of hydrogen-bond donors (Lipinski definition) is 2. The first-order valence-electron chi connectivity index (χ1n) is 8.93. The predicted molar refractivity (Wildman–Crippen MR) is 102 cm³/mol. The largest absolute Gasteiger partial charge is 0.394 e. The molecule has 2 saturated heterocycles. The van der Waals surface area contributed by atoms with Crippen molar-refractivity contribution in [3.63, 3.8) is 0 Å². The van der Waals surface area contributed by atoms with Crippen molar-refractivity contribution in [1.29, 1.82) is 0 Å². The second-order valence-corrected chi connectivity index (χ2v) is 7.60. The molecule has 2 unspecified atom stereocenters. The summed E-state index contributed by atoms with van der Waals surface area (Å²) in [5.41, 5.74) is 1.48. The van der Waals surface area contributed by atoms with Crippen LogP contribution in [0.3, 0.4) is 0 Å². The number of hydrogen-bond acceptors (Lipinski definition) is 6. The second-order valence-electron chi connectivity index (χ2n) is 6.73. The van der Waals surface area contributed by atoms with Crippen molar-refractivity contribution in [2.45, 2.75) is 37.0 Å². The average Bonchev–Trinajstić information content (AvgIpc) is 3.13. The fourth-order valence-electron chi connectivity index (χ4n) is 3.36. The van der Waals surface area contributed by atoms with Crippen LogP contribution >= 0.6 is 23.2 Å². The molecule has 6 atom stereocenters. The molecule has 0 spiro atoms. The van der Waals surface area contributed by atoms with Gasteiger partial charge in [0.05, 0.1) is 13.2 Å². The highest BCUT2D eigenvalue weighted by Gasteiger charge is 2.47. The SMILES string of the molecule is OC[C@H]1OC(c2ccc(Cl)cc2)OC[C@H](O)[C@@H]2OC(c3ccc(Cl)cc3)O[C@H]21. The maximum absolute atomic E-state index is 10.6. The van der Waals surface area contributed by atoms with Crippen molar-refractivity contribution >= 4 is 23.2 Å². The van der Waals surface area contributed by atoms with Crippen LogP contribution in [-0.4, -0.2) is 47.8 Å². The molecule has 2 aromatic carbocycles. The lowest BCUT2D eigenvalue weighted by atomic mass is 10.0. The van der Waals surface area contributed by atoms with E-state index in [-0.39, 0.29) is 13.2 Å². The number of aliphatic hydroxyl groups excluding tert-OH is 2. The number of rotatable bonds is 3.